The van der Waals surface area contributed by atoms with Crippen molar-refractivity contribution in [2.24, 2.45) is 11.8 Å². The molecule has 0 spiro atoms. The summed E-state index contributed by atoms with van der Waals surface area (Å²) in [5.41, 5.74) is 3.60. The third-order valence-electron chi connectivity index (χ3n) is 9.84. The number of hydrogen-bond acceptors (Lipinski definition) is 9. The van der Waals surface area contributed by atoms with Crippen LogP contribution in [0.4, 0.5) is 5.95 Å². The second-order valence-electron chi connectivity index (χ2n) is 13.8. The number of likely N-dealkylation sites (N-methyl/N-ethyl adjacent to an activating group) is 1. The van der Waals surface area contributed by atoms with Gasteiger partial charge in [-0.15, -0.1) is 0 Å². The van der Waals surface area contributed by atoms with Crippen LogP contribution in [0.1, 0.15) is 67.4 Å². The number of piperidine rings is 1. The molecule has 1 N–H and O–H groups in total. The molecule has 1 atom stereocenters. The standard InChI is InChI=1S/C37H49N5O6S/c1-24(2)17-30(41(5)29-19-28(20-29)36(44)42-15-13-31(47-6)14-16-42)23-48-34-21-33(35-25(3)9-7-10-26(35)4)38-37(39-34)40-49(45,46)32-12-8-11-27(18-32)22-43/h7-12,18,21-22,24,28-31H,13-17,19-20,23H2,1-6H3,(H,38,39,40)/t28?,29?,30-/m1/s1. The number of carbonyl (C=O) groups is 2. The van der Waals surface area contributed by atoms with Gasteiger partial charge in [0.25, 0.3) is 10.0 Å². The minimum Gasteiger partial charge on any atom is -0.476 e. The maximum Gasteiger partial charge on any atom is 0.264 e. The Kier molecular flexibility index (Phi) is 11.7. The van der Waals surface area contributed by atoms with Crippen molar-refractivity contribution in [3.63, 3.8) is 0 Å². The van der Waals surface area contributed by atoms with Crippen molar-refractivity contribution in [1.82, 2.24) is 19.8 Å². The average Bonchev–Trinajstić information content (AvgIpc) is 3.05. The van der Waals surface area contributed by atoms with Crippen molar-refractivity contribution in [1.29, 1.82) is 0 Å². The first-order chi connectivity index (χ1) is 23.4. The maximum atomic E-state index is 13.4. The lowest BCUT2D eigenvalue weighted by Gasteiger charge is -2.46. The van der Waals surface area contributed by atoms with Gasteiger partial charge in [0.15, 0.2) is 0 Å². The minimum atomic E-state index is -4.11. The molecular formula is C37H49N5O6S. The van der Waals surface area contributed by atoms with E-state index in [-0.39, 0.29) is 52.3 Å². The van der Waals surface area contributed by atoms with Crippen molar-refractivity contribution >= 4 is 28.2 Å². The van der Waals surface area contributed by atoms with Gasteiger partial charge >= 0.3 is 0 Å². The molecule has 1 aliphatic heterocycles. The van der Waals surface area contributed by atoms with E-state index in [1.165, 1.54) is 24.3 Å². The van der Waals surface area contributed by atoms with Crippen LogP contribution in [0, 0.1) is 25.7 Å². The Labute approximate surface area is 290 Å². The van der Waals surface area contributed by atoms with E-state index in [0.29, 0.717) is 24.5 Å². The third kappa shape index (κ3) is 8.84. The molecule has 2 aliphatic rings. The van der Waals surface area contributed by atoms with Gasteiger partial charge in [-0.3, -0.25) is 14.5 Å². The van der Waals surface area contributed by atoms with Crippen LogP contribution in [0.5, 0.6) is 5.88 Å². The van der Waals surface area contributed by atoms with Crippen LogP contribution in [-0.4, -0.2) is 92.4 Å². The number of aldehydes is 1. The summed E-state index contributed by atoms with van der Waals surface area (Å²) in [7, 11) is -0.276. The summed E-state index contributed by atoms with van der Waals surface area (Å²) in [5.74, 6) is 0.807. The summed E-state index contributed by atoms with van der Waals surface area (Å²) >= 11 is 0. The number of aryl methyl sites for hydroxylation is 2. The molecule has 11 nitrogen and oxygen atoms in total. The number of likely N-dealkylation sites (tertiary alicyclic amines) is 1. The van der Waals surface area contributed by atoms with Crippen LogP contribution in [0.2, 0.25) is 0 Å². The van der Waals surface area contributed by atoms with Crippen LogP contribution >= 0.6 is 0 Å². The summed E-state index contributed by atoms with van der Waals surface area (Å²) in [4.78, 5) is 37.9. The number of anilines is 1. The maximum absolute atomic E-state index is 13.4. The molecule has 1 aromatic heterocycles. The first kappa shape index (κ1) is 36.4. The highest BCUT2D eigenvalue weighted by Crippen LogP contribution is 2.36. The zero-order valence-corrected chi connectivity index (χ0v) is 30.2. The molecule has 3 aromatic rings. The Bertz CT molecular complexity index is 1710. The molecule has 1 amide bonds. The Morgan fingerprint density at radius 3 is 2.37 bits per heavy atom. The number of nitrogens with zero attached hydrogens (tertiary/aromatic N) is 4. The largest absolute Gasteiger partial charge is 0.476 e. The number of amides is 1. The van der Waals surface area contributed by atoms with E-state index in [1.54, 1.807) is 13.2 Å². The summed E-state index contributed by atoms with van der Waals surface area (Å²) in [6, 6.07) is 13.7. The predicted octanol–water partition coefficient (Wildman–Crippen LogP) is 5.52. The van der Waals surface area contributed by atoms with Gasteiger partial charge in [0.05, 0.1) is 16.7 Å². The van der Waals surface area contributed by atoms with Gasteiger partial charge in [0.2, 0.25) is 17.7 Å². The molecule has 2 aromatic carbocycles. The predicted molar refractivity (Wildman–Crippen MR) is 189 cm³/mol. The van der Waals surface area contributed by atoms with Gasteiger partial charge in [0, 0.05) is 55.4 Å². The molecule has 0 bridgehead atoms. The van der Waals surface area contributed by atoms with Crippen molar-refractivity contribution < 1.29 is 27.5 Å². The lowest BCUT2D eigenvalue weighted by molar-refractivity contribution is -0.143. The van der Waals surface area contributed by atoms with E-state index in [4.69, 9.17) is 9.47 Å². The Hall–Kier alpha value is -3.87. The topological polar surface area (TPSA) is 131 Å². The zero-order chi connectivity index (χ0) is 35.3. The summed E-state index contributed by atoms with van der Waals surface area (Å²) in [6.07, 6.45) is 5.11. The third-order valence-corrected chi connectivity index (χ3v) is 11.2. The van der Waals surface area contributed by atoms with Gasteiger partial charge in [-0.1, -0.05) is 44.2 Å². The lowest BCUT2D eigenvalue weighted by Crippen LogP contribution is -2.54. The number of benzene rings is 2. The Balaban J connectivity index is 1.33. The molecule has 2 fully saturated rings. The van der Waals surface area contributed by atoms with E-state index in [2.05, 4.69) is 40.5 Å². The average molecular weight is 692 g/mol. The number of methoxy groups -OCH3 is 1. The normalized spacial score (nSPS) is 19.1. The zero-order valence-electron chi connectivity index (χ0n) is 29.4. The van der Waals surface area contributed by atoms with Gasteiger partial charge < -0.3 is 14.4 Å². The Morgan fingerprint density at radius 2 is 1.73 bits per heavy atom. The highest BCUT2D eigenvalue weighted by atomic mass is 32.2. The van der Waals surface area contributed by atoms with Crippen LogP contribution in [0.25, 0.3) is 11.3 Å². The van der Waals surface area contributed by atoms with Crippen molar-refractivity contribution in [3.8, 4) is 17.1 Å². The van der Waals surface area contributed by atoms with Gasteiger partial charge in [-0.2, -0.15) is 4.98 Å². The van der Waals surface area contributed by atoms with Crippen molar-refractivity contribution in [2.45, 2.75) is 82.9 Å². The molecule has 1 saturated carbocycles. The first-order valence-corrected chi connectivity index (χ1v) is 18.6. The smallest absolute Gasteiger partial charge is 0.264 e. The van der Waals surface area contributed by atoms with Crippen LogP contribution < -0.4 is 9.46 Å². The highest BCUT2D eigenvalue weighted by Gasteiger charge is 2.41. The minimum absolute atomic E-state index is 0.0387. The van der Waals surface area contributed by atoms with Gasteiger partial charge in [0.1, 0.15) is 12.9 Å². The fraction of sp³-hybridized carbons (Fsp3) is 0.514. The number of sulfonamides is 1. The molecular weight excluding hydrogens is 643 g/mol. The molecule has 5 rings (SSSR count). The van der Waals surface area contributed by atoms with Gasteiger partial charge in [-0.25, -0.2) is 18.1 Å². The summed E-state index contributed by atoms with van der Waals surface area (Å²) in [5, 5.41) is 0. The molecule has 0 radical (unpaired) electrons. The van der Waals surface area contributed by atoms with E-state index in [9.17, 15) is 18.0 Å². The van der Waals surface area contributed by atoms with E-state index in [0.717, 1.165) is 61.9 Å². The monoisotopic (exact) mass is 691 g/mol. The van der Waals surface area contributed by atoms with Crippen LogP contribution in [-0.2, 0) is 19.6 Å². The number of carbonyl (C=O) groups excluding carboxylic acids is 2. The van der Waals surface area contributed by atoms with E-state index in [1.807, 2.05) is 36.9 Å². The number of aromatic nitrogens is 2. The fourth-order valence-electron chi connectivity index (χ4n) is 6.89. The number of ether oxygens (including phenoxy) is 2. The molecule has 1 aliphatic carbocycles. The summed E-state index contributed by atoms with van der Waals surface area (Å²) in [6.45, 7) is 10.1. The van der Waals surface area contributed by atoms with E-state index < -0.39 is 10.0 Å². The SMILES string of the molecule is COC1CCN(C(=O)C2CC(N(C)[C@@H](COc3cc(-c4c(C)cccc4C)nc(NS(=O)(=O)c4cccc(C=O)c4)n3)CC(C)C)C2)CC1. The fourth-order valence-corrected chi connectivity index (χ4v) is 7.89. The molecule has 12 heteroatoms. The molecule has 0 unspecified atom stereocenters. The summed E-state index contributed by atoms with van der Waals surface area (Å²) < 4.78 is 41.1. The van der Waals surface area contributed by atoms with Crippen molar-refractivity contribution in [2.75, 3.05) is 38.6 Å². The van der Waals surface area contributed by atoms with E-state index >= 15 is 0 Å². The second kappa shape index (κ2) is 15.8. The molecule has 264 valence electrons. The first-order valence-electron chi connectivity index (χ1n) is 17.1. The molecule has 1 saturated heterocycles. The highest BCUT2D eigenvalue weighted by molar-refractivity contribution is 7.92. The lowest BCUT2D eigenvalue weighted by atomic mass is 9.77. The second-order valence-corrected chi connectivity index (χ2v) is 15.5. The van der Waals surface area contributed by atoms with Crippen molar-refractivity contribution in [3.05, 3.63) is 65.2 Å². The van der Waals surface area contributed by atoms with Gasteiger partial charge in [-0.05, 0) is 82.2 Å². The Morgan fingerprint density at radius 1 is 1.06 bits per heavy atom. The van der Waals surface area contributed by atoms with Crippen LogP contribution in [0.3, 0.4) is 0 Å². The molecule has 49 heavy (non-hydrogen) atoms. The number of nitrogens with one attached hydrogen (secondary N) is 1. The van der Waals surface area contributed by atoms with Crippen LogP contribution in [0.15, 0.2) is 53.4 Å². The quantitative estimate of drug-likeness (QED) is 0.217. The number of hydrogen-bond donors (Lipinski definition) is 1. The number of rotatable bonds is 14. The molecule has 2 heterocycles.